The van der Waals surface area contributed by atoms with Crippen molar-refractivity contribution < 1.29 is 4.79 Å². The highest BCUT2D eigenvalue weighted by atomic mass is 35.5. The molecule has 3 rings (SSSR count). The number of rotatable bonds is 5. The molecule has 0 radical (unpaired) electrons. The number of aromatic nitrogens is 2. The first-order valence-electron chi connectivity index (χ1n) is 7.54. The second-order valence-corrected chi connectivity index (χ2v) is 5.86. The van der Waals surface area contributed by atoms with Crippen LogP contribution in [-0.2, 0) is 0 Å². The second-order valence-electron chi connectivity index (χ2n) is 5.42. The third-order valence-electron chi connectivity index (χ3n) is 3.52. The number of amides is 1. The van der Waals surface area contributed by atoms with E-state index in [1.54, 1.807) is 36.5 Å². The summed E-state index contributed by atoms with van der Waals surface area (Å²) < 4.78 is 0. The van der Waals surface area contributed by atoms with Gasteiger partial charge in [0.15, 0.2) is 0 Å². The van der Waals surface area contributed by atoms with Crippen molar-refractivity contribution in [2.45, 2.75) is 6.92 Å². The molecule has 0 fully saturated rings. The van der Waals surface area contributed by atoms with Gasteiger partial charge < -0.3 is 16.4 Å². The van der Waals surface area contributed by atoms with Crippen LogP contribution in [0.25, 0.3) is 0 Å². The van der Waals surface area contributed by atoms with Crippen LogP contribution in [0.15, 0.2) is 54.7 Å². The van der Waals surface area contributed by atoms with Gasteiger partial charge in [0.1, 0.15) is 5.82 Å². The topological polar surface area (TPSA) is 92.9 Å². The smallest absolute Gasteiger partial charge is 0.248 e. The fourth-order valence-electron chi connectivity index (χ4n) is 2.23. The molecular formula is C18H16ClN5O. The maximum Gasteiger partial charge on any atom is 0.248 e. The second kappa shape index (κ2) is 7.19. The van der Waals surface area contributed by atoms with Crippen LogP contribution in [-0.4, -0.2) is 15.9 Å². The number of halogens is 1. The standard InChI is InChI=1S/C18H16ClN5O/c1-11-5-6-13(19)10-15(11)23-16-7-8-21-18(24-16)22-14-4-2-3-12(9-14)17(20)25/h2-10H,1H3,(H2,20,25)(H2,21,22,23,24). The normalized spacial score (nSPS) is 10.3. The van der Waals surface area contributed by atoms with Crippen LogP contribution in [0.2, 0.25) is 5.02 Å². The van der Waals surface area contributed by atoms with Crippen molar-refractivity contribution in [3.05, 3.63) is 70.9 Å². The predicted molar refractivity (Wildman–Crippen MR) is 99.7 cm³/mol. The first kappa shape index (κ1) is 16.7. The van der Waals surface area contributed by atoms with E-state index in [0.29, 0.717) is 28.0 Å². The van der Waals surface area contributed by atoms with Gasteiger partial charge in [-0.05, 0) is 48.9 Å². The van der Waals surface area contributed by atoms with Gasteiger partial charge in [-0.3, -0.25) is 4.79 Å². The molecule has 126 valence electrons. The minimum atomic E-state index is -0.489. The Morgan fingerprint density at radius 3 is 2.76 bits per heavy atom. The van der Waals surface area contributed by atoms with Gasteiger partial charge in [-0.25, -0.2) is 4.98 Å². The third-order valence-corrected chi connectivity index (χ3v) is 3.76. The number of primary amides is 1. The minimum Gasteiger partial charge on any atom is -0.366 e. The van der Waals surface area contributed by atoms with E-state index in [9.17, 15) is 4.79 Å². The number of nitrogens with two attached hydrogens (primary N) is 1. The highest BCUT2D eigenvalue weighted by molar-refractivity contribution is 6.30. The Morgan fingerprint density at radius 2 is 1.96 bits per heavy atom. The van der Waals surface area contributed by atoms with E-state index < -0.39 is 5.91 Å². The van der Waals surface area contributed by atoms with Gasteiger partial charge >= 0.3 is 0 Å². The molecule has 0 saturated carbocycles. The van der Waals surface area contributed by atoms with Crippen LogP contribution in [0, 0.1) is 6.92 Å². The number of benzene rings is 2. The molecule has 0 unspecified atom stereocenters. The Balaban J connectivity index is 1.81. The molecular weight excluding hydrogens is 338 g/mol. The molecule has 7 heteroatoms. The van der Waals surface area contributed by atoms with Crippen molar-refractivity contribution in [1.29, 1.82) is 0 Å². The van der Waals surface area contributed by atoms with Gasteiger partial charge in [0, 0.05) is 28.2 Å². The molecule has 0 saturated heterocycles. The van der Waals surface area contributed by atoms with E-state index in [4.69, 9.17) is 17.3 Å². The van der Waals surface area contributed by atoms with E-state index >= 15 is 0 Å². The molecule has 0 aliphatic carbocycles. The zero-order valence-electron chi connectivity index (χ0n) is 13.5. The third kappa shape index (κ3) is 4.24. The van der Waals surface area contributed by atoms with Gasteiger partial charge in [0.2, 0.25) is 11.9 Å². The molecule has 0 atom stereocenters. The summed E-state index contributed by atoms with van der Waals surface area (Å²) in [7, 11) is 0. The van der Waals surface area contributed by atoms with Crippen molar-refractivity contribution in [2.75, 3.05) is 10.6 Å². The van der Waals surface area contributed by atoms with Gasteiger partial charge in [-0.2, -0.15) is 4.98 Å². The van der Waals surface area contributed by atoms with E-state index in [1.807, 2.05) is 25.1 Å². The summed E-state index contributed by atoms with van der Waals surface area (Å²) in [6.07, 6.45) is 1.63. The highest BCUT2D eigenvalue weighted by Gasteiger charge is 2.05. The Morgan fingerprint density at radius 1 is 1.12 bits per heavy atom. The number of carbonyl (C=O) groups excluding carboxylic acids is 1. The Bertz CT molecular complexity index is 929. The van der Waals surface area contributed by atoms with Gasteiger partial charge in [0.25, 0.3) is 0 Å². The number of nitrogens with zero attached hydrogens (tertiary/aromatic N) is 2. The SMILES string of the molecule is Cc1ccc(Cl)cc1Nc1ccnc(Nc2cccc(C(N)=O)c2)n1. The van der Waals surface area contributed by atoms with Crippen LogP contribution in [0.5, 0.6) is 0 Å². The lowest BCUT2D eigenvalue weighted by molar-refractivity contribution is 0.100. The van der Waals surface area contributed by atoms with Gasteiger partial charge in [0.05, 0.1) is 0 Å². The summed E-state index contributed by atoms with van der Waals surface area (Å²) in [4.78, 5) is 19.9. The number of hydrogen-bond donors (Lipinski definition) is 3. The Kier molecular flexibility index (Phi) is 4.81. The summed E-state index contributed by atoms with van der Waals surface area (Å²) in [6.45, 7) is 1.98. The maximum atomic E-state index is 11.3. The summed E-state index contributed by atoms with van der Waals surface area (Å²) in [5.74, 6) is 0.525. The average molecular weight is 354 g/mol. The van der Waals surface area contributed by atoms with Crippen molar-refractivity contribution in [2.24, 2.45) is 5.73 Å². The lowest BCUT2D eigenvalue weighted by atomic mass is 10.2. The number of hydrogen-bond acceptors (Lipinski definition) is 5. The largest absolute Gasteiger partial charge is 0.366 e. The first-order chi connectivity index (χ1) is 12.0. The molecule has 2 aromatic carbocycles. The molecule has 0 bridgehead atoms. The molecule has 4 N–H and O–H groups in total. The lowest BCUT2D eigenvalue weighted by Crippen LogP contribution is -2.11. The number of anilines is 4. The van der Waals surface area contributed by atoms with Crippen LogP contribution < -0.4 is 16.4 Å². The van der Waals surface area contributed by atoms with Crippen molar-refractivity contribution >= 4 is 40.6 Å². The van der Waals surface area contributed by atoms with E-state index in [2.05, 4.69) is 20.6 Å². The van der Waals surface area contributed by atoms with Crippen LogP contribution in [0.4, 0.5) is 23.1 Å². The van der Waals surface area contributed by atoms with Crippen LogP contribution >= 0.6 is 11.6 Å². The fourth-order valence-corrected chi connectivity index (χ4v) is 2.41. The monoisotopic (exact) mass is 353 g/mol. The van der Waals surface area contributed by atoms with Crippen LogP contribution in [0.3, 0.4) is 0 Å². The van der Waals surface area contributed by atoms with Gasteiger partial charge in [-0.15, -0.1) is 0 Å². The summed E-state index contributed by atoms with van der Waals surface area (Å²) >= 11 is 6.04. The predicted octanol–water partition coefficient (Wildman–Crippen LogP) is 4.02. The molecule has 1 amide bonds. The molecule has 6 nitrogen and oxygen atoms in total. The number of carbonyl (C=O) groups is 1. The summed E-state index contributed by atoms with van der Waals surface area (Å²) in [6, 6.07) is 14.2. The zero-order valence-corrected chi connectivity index (χ0v) is 14.2. The molecule has 0 aliphatic heterocycles. The zero-order chi connectivity index (χ0) is 17.8. The Hall–Kier alpha value is -3.12. The summed E-state index contributed by atoms with van der Waals surface area (Å²) in [5, 5.41) is 6.92. The fraction of sp³-hybridized carbons (Fsp3) is 0.0556. The van der Waals surface area contributed by atoms with Crippen molar-refractivity contribution in [1.82, 2.24) is 9.97 Å². The van der Waals surface area contributed by atoms with Crippen molar-refractivity contribution in [3.63, 3.8) is 0 Å². The number of aryl methyl sites for hydroxylation is 1. The molecule has 1 heterocycles. The van der Waals surface area contributed by atoms with E-state index in [-0.39, 0.29) is 0 Å². The Labute approximate surface area is 150 Å². The van der Waals surface area contributed by atoms with E-state index in [0.717, 1.165) is 11.3 Å². The quantitative estimate of drug-likeness (QED) is 0.644. The molecule has 3 aromatic rings. The summed E-state index contributed by atoms with van der Waals surface area (Å²) in [5.41, 5.74) is 8.29. The highest BCUT2D eigenvalue weighted by Crippen LogP contribution is 2.24. The molecule has 0 aliphatic rings. The first-order valence-corrected chi connectivity index (χ1v) is 7.92. The van der Waals surface area contributed by atoms with Crippen molar-refractivity contribution in [3.8, 4) is 0 Å². The van der Waals surface area contributed by atoms with Gasteiger partial charge in [-0.1, -0.05) is 23.7 Å². The molecule has 0 spiro atoms. The molecule has 1 aromatic heterocycles. The maximum absolute atomic E-state index is 11.3. The van der Waals surface area contributed by atoms with Crippen LogP contribution in [0.1, 0.15) is 15.9 Å². The average Bonchev–Trinajstić information content (AvgIpc) is 2.59. The molecule has 25 heavy (non-hydrogen) atoms. The lowest BCUT2D eigenvalue weighted by Gasteiger charge is -2.11. The minimum absolute atomic E-state index is 0.395. The number of nitrogens with one attached hydrogen (secondary N) is 2. The van der Waals surface area contributed by atoms with E-state index in [1.165, 1.54) is 0 Å².